The molecule has 4 heterocycles. The summed E-state index contributed by atoms with van der Waals surface area (Å²) in [5.74, 6) is 3.33. The van der Waals surface area contributed by atoms with Crippen LogP contribution in [0.2, 0.25) is 12.6 Å². The van der Waals surface area contributed by atoms with E-state index in [-0.39, 0.29) is 6.71 Å². The Kier molecular flexibility index (Phi) is 3.77. The van der Waals surface area contributed by atoms with Gasteiger partial charge in [-0.05, 0) is 30.7 Å². The second kappa shape index (κ2) is 5.95. The standard InChI is InChI=1S/C17H18BN5S/c1-11-13(4-6-24-11)14-9-21-23-16(20)7-15(22-17(14)23)12-3-2-5-18(8-12)10-19/h4,6-7,9,12H,2-3,5,8,20H2,1H3. The molecular weight excluding hydrogens is 317 g/mol. The molecule has 0 bridgehead atoms. The van der Waals surface area contributed by atoms with Crippen molar-refractivity contribution in [3.8, 4) is 17.1 Å². The topological polar surface area (TPSA) is 80.0 Å². The molecule has 1 aliphatic heterocycles. The van der Waals surface area contributed by atoms with Gasteiger partial charge in [0.05, 0.1) is 6.20 Å². The van der Waals surface area contributed by atoms with Gasteiger partial charge < -0.3 is 5.73 Å². The summed E-state index contributed by atoms with van der Waals surface area (Å²) in [6.45, 7) is 2.24. The van der Waals surface area contributed by atoms with Crippen LogP contribution >= 0.6 is 11.3 Å². The highest BCUT2D eigenvalue weighted by Gasteiger charge is 2.28. The summed E-state index contributed by atoms with van der Waals surface area (Å²) in [6.07, 6.45) is 5.86. The van der Waals surface area contributed by atoms with Crippen LogP contribution in [0.3, 0.4) is 0 Å². The van der Waals surface area contributed by atoms with Gasteiger partial charge in [-0.2, -0.15) is 9.61 Å². The van der Waals surface area contributed by atoms with Gasteiger partial charge in [0.2, 0.25) is 0 Å². The molecule has 1 atom stereocenters. The highest BCUT2D eigenvalue weighted by Crippen LogP contribution is 2.35. The molecule has 1 aliphatic rings. The third-order valence-corrected chi connectivity index (χ3v) is 5.79. The average molecular weight is 335 g/mol. The normalized spacial score (nSPS) is 18.0. The van der Waals surface area contributed by atoms with Crippen molar-refractivity contribution in [2.45, 2.75) is 38.3 Å². The number of rotatable bonds is 2. The fourth-order valence-electron chi connectivity index (χ4n) is 3.64. The van der Waals surface area contributed by atoms with E-state index in [1.807, 2.05) is 12.3 Å². The predicted molar refractivity (Wildman–Crippen MR) is 98.4 cm³/mol. The van der Waals surface area contributed by atoms with E-state index in [4.69, 9.17) is 10.7 Å². The molecule has 0 spiro atoms. The number of nitrogens with two attached hydrogens (primary N) is 1. The third kappa shape index (κ3) is 2.47. The van der Waals surface area contributed by atoms with E-state index in [1.54, 1.807) is 15.9 Å². The molecule has 0 saturated carbocycles. The molecule has 1 fully saturated rings. The molecule has 1 unspecified atom stereocenters. The average Bonchev–Trinajstić information content (AvgIpc) is 3.20. The Morgan fingerprint density at radius 3 is 3.08 bits per heavy atom. The van der Waals surface area contributed by atoms with E-state index >= 15 is 0 Å². The monoisotopic (exact) mass is 335 g/mol. The number of fused-ring (bicyclic) bond motifs is 1. The molecule has 4 rings (SSSR count). The van der Waals surface area contributed by atoms with Crippen molar-refractivity contribution in [1.29, 1.82) is 5.26 Å². The lowest BCUT2D eigenvalue weighted by Gasteiger charge is -2.23. The van der Waals surface area contributed by atoms with Gasteiger partial charge in [0.25, 0.3) is 6.71 Å². The quantitative estimate of drug-likeness (QED) is 0.723. The van der Waals surface area contributed by atoms with Crippen LogP contribution in [-0.2, 0) is 0 Å². The van der Waals surface area contributed by atoms with E-state index in [9.17, 15) is 5.26 Å². The summed E-state index contributed by atoms with van der Waals surface area (Å²) in [6, 6.07) is 4.03. The largest absolute Gasteiger partial charge is 0.384 e. The van der Waals surface area contributed by atoms with Crippen LogP contribution in [0.4, 0.5) is 5.82 Å². The van der Waals surface area contributed by atoms with Crippen LogP contribution < -0.4 is 5.73 Å². The molecule has 2 N–H and O–H groups in total. The first kappa shape index (κ1) is 15.2. The fourth-order valence-corrected chi connectivity index (χ4v) is 4.36. The van der Waals surface area contributed by atoms with Crippen LogP contribution in [0.1, 0.15) is 29.3 Å². The number of hydrogen-bond acceptors (Lipinski definition) is 5. The first-order chi connectivity index (χ1) is 11.7. The van der Waals surface area contributed by atoms with Crippen molar-refractivity contribution in [3.05, 3.63) is 34.3 Å². The zero-order valence-electron chi connectivity index (χ0n) is 13.6. The zero-order chi connectivity index (χ0) is 16.7. The summed E-state index contributed by atoms with van der Waals surface area (Å²) in [7, 11) is 0. The zero-order valence-corrected chi connectivity index (χ0v) is 14.4. The smallest absolute Gasteiger partial charge is 0.268 e. The van der Waals surface area contributed by atoms with Crippen molar-refractivity contribution in [1.82, 2.24) is 14.6 Å². The van der Waals surface area contributed by atoms with Gasteiger partial charge in [-0.15, -0.1) is 11.3 Å². The van der Waals surface area contributed by atoms with Crippen molar-refractivity contribution < 1.29 is 0 Å². The van der Waals surface area contributed by atoms with Gasteiger partial charge in [0, 0.05) is 33.7 Å². The SMILES string of the molecule is Cc1sccc1-c1cnn2c(N)cc(C3CCCB(C#N)C3)nc12. The molecule has 1 saturated heterocycles. The van der Waals surface area contributed by atoms with Gasteiger partial charge in [-0.3, -0.25) is 0 Å². The van der Waals surface area contributed by atoms with E-state index in [0.29, 0.717) is 11.7 Å². The first-order valence-electron chi connectivity index (χ1n) is 8.25. The lowest BCUT2D eigenvalue weighted by molar-refractivity contribution is 0.614. The van der Waals surface area contributed by atoms with Gasteiger partial charge in [0.1, 0.15) is 5.82 Å². The summed E-state index contributed by atoms with van der Waals surface area (Å²) >= 11 is 1.72. The Morgan fingerprint density at radius 1 is 1.46 bits per heavy atom. The van der Waals surface area contributed by atoms with E-state index in [2.05, 4.69) is 29.4 Å². The third-order valence-electron chi connectivity index (χ3n) is 4.94. The van der Waals surface area contributed by atoms with E-state index in [0.717, 1.165) is 47.9 Å². The van der Waals surface area contributed by atoms with Crippen molar-refractivity contribution in [3.63, 3.8) is 0 Å². The minimum absolute atomic E-state index is 0.131. The first-order valence-corrected chi connectivity index (χ1v) is 9.13. The van der Waals surface area contributed by atoms with Crippen LogP contribution in [0, 0.1) is 18.2 Å². The summed E-state index contributed by atoms with van der Waals surface area (Å²) < 4.78 is 1.71. The summed E-state index contributed by atoms with van der Waals surface area (Å²) in [5.41, 5.74) is 10.2. The summed E-state index contributed by atoms with van der Waals surface area (Å²) in [5, 5.41) is 15.7. The maximum absolute atomic E-state index is 9.24. The number of nitriles is 1. The van der Waals surface area contributed by atoms with Crippen molar-refractivity contribution in [2.75, 3.05) is 5.73 Å². The van der Waals surface area contributed by atoms with Gasteiger partial charge >= 0.3 is 0 Å². The van der Waals surface area contributed by atoms with Crippen LogP contribution in [-0.4, -0.2) is 21.3 Å². The van der Waals surface area contributed by atoms with Crippen molar-refractivity contribution in [2.24, 2.45) is 0 Å². The summed E-state index contributed by atoms with van der Waals surface area (Å²) in [4.78, 5) is 6.15. The molecular formula is C17H18BN5S. The van der Waals surface area contributed by atoms with E-state index in [1.165, 1.54) is 4.88 Å². The molecule has 3 aromatic rings. The van der Waals surface area contributed by atoms with Gasteiger partial charge in [-0.25, -0.2) is 10.2 Å². The minimum Gasteiger partial charge on any atom is -0.384 e. The number of aromatic nitrogens is 3. The van der Waals surface area contributed by atoms with Gasteiger partial charge in [-0.1, -0.05) is 19.1 Å². The molecule has 120 valence electrons. The number of thiophene rings is 1. The molecule has 3 aromatic heterocycles. The number of nitrogen functional groups attached to an aromatic ring is 1. The number of aryl methyl sites for hydroxylation is 1. The number of anilines is 1. The Labute approximate surface area is 145 Å². The maximum atomic E-state index is 9.24. The molecule has 0 radical (unpaired) electrons. The highest BCUT2D eigenvalue weighted by molar-refractivity contribution is 7.10. The second-order valence-electron chi connectivity index (χ2n) is 6.48. The Morgan fingerprint density at radius 2 is 2.33 bits per heavy atom. The van der Waals surface area contributed by atoms with Crippen LogP contribution in [0.5, 0.6) is 0 Å². The lowest BCUT2D eigenvalue weighted by Crippen LogP contribution is -2.21. The Balaban J connectivity index is 1.81. The molecule has 0 aliphatic carbocycles. The molecule has 0 amide bonds. The van der Waals surface area contributed by atoms with E-state index < -0.39 is 0 Å². The van der Waals surface area contributed by atoms with Crippen LogP contribution in [0.25, 0.3) is 16.8 Å². The predicted octanol–water partition coefficient (Wildman–Crippen LogP) is 3.78. The maximum Gasteiger partial charge on any atom is 0.268 e. The Hall–Kier alpha value is -2.33. The second-order valence-corrected chi connectivity index (χ2v) is 7.60. The minimum atomic E-state index is 0.131. The molecule has 5 nitrogen and oxygen atoms in total. The van der Waals surface area contributed by atoms with Crippen LogP contribution in [0.15, 0.2) is 23.7 Å². The number of hydrogen-bond donors (Lipinski definition) is 1. The highest BCUT2D eigenvalue weighted by atomic mass is 32.1. The van der Waals surface area contributed by atoms with Gasteiger partial charge in [0.15, 0.2) is 5.65 Å². The fraction of sp³-hybridized carbons (Fsp3) is 0.353. The molecule has 7 heteroatoms. The molecule has 0 aromatic carbocycles. The molecule has 24 heavy (non-hydrogen) atoms. The number of nitrogens with zero attached hydrogens (tertiary/aromatic N) is 4. The van der Waals surface area contributed by atoms with Crippen molar-refractivity contribution >= 4 is 29.5 Å². The lowest BCUT2D eigenvalue weighted by atomic mass is 9.41. The Bertz CT molecular complexity index is 938.